The number of benzene rings is 1. The van der Waals surface area contributed by atoms with Gasteiger partial charge in [0.25, 0.3) is 5.91 Å². The zero-order valence-corrected chi connectivity index (χ0v) is 7.89. The molecular weight excluding hydrogens is 228 g/mol. The van der Waals surface area contributed by atoms with Gasteiger partial charge >= 0.3 is 5.69 Å². The molecule has 1 amide bonds. The molecule has 0 saturated carbocycles. The number of nitrogens with zero attached hydrogens (tertiary/aromatic N) is 1. The van der Waals surface area contributed by atoms with E-state index in [1.165, 1.54) is 0 Å². The van der Waals surface area contributed by atoms with Crippen molar-refractivity contribution < 1.29 is 19.1 Å². The zero-order chi connectivity index (χ0) is 11.6. The van der Waals surface area contributed by atoms with Gasteiger partial charge in [-0.2, -0.15) is 0 Å². The Morgan fingerprint density at radius 3 is 2.60 bits per heavy atom. The van der Waals surface area contributed by atoms with E-state index < -0.39 is 33.6 Å². The number of hydrogen-bond acceptors (Lipinski definition) is 5. The average Bonchev–Trinajstić information content (AvgIpc) is 2.15. The maximum atomic E-state index is 10.9. The van der Waals surface area contributed by atoms with Gasteiger partial charge < -0.3 is 15.1 Å². The van der Waals surface area contributed by atoms with Crippen LogP contribution in [0.4, 0.5) is 5.69 Å². The lowest BCUT2D eigenvalue weighted by atomic mass is 10.1. The summed E-state index contributed by atoms with van der Waals surface area (Å²) < 4.78 is 4.15. The molecule has 0 radical (unpaired) electrons. The zero-order valence-electron chi connectivity index (χ0n) is 7.14. The molecule has 0 spiro atoms. The van der Waals surface area contributed by atoms with Crippen LogP contribution in [0, 0.1) is 10.1 Å². The molecule has 0 saturated heterocycles. The summed E-state index contributed by atoms with van der Waals surface area (Å²) in [5, 5.41) is 19.7. The van der Waals surface area contributed by atoms with E-state index in [1.807, 2.05) is 0 Å². The molecule has 0 aliphatic heterocycles. The van der Waals surface area contributed by atoms with Crippen LogP contribution in [0.2, 0.25) is 0 Å². The average molecular weight is 233 g/mol. The molecule has 0 aliphatic rings. The monoisotopic (exact) mass is 232 g/mol. The van der Waals surface area contributed by atoms with Crippen LogP contribution in [0.25, 0.3) is 0 Å². The van der Waals surface area contributed by atoms with Gasteiger partial charge in [-0.15, -0.1) is 0 Å². The van der Waals surface area contributed by atoms with Crippen molar-refractivity contribution in [1.82, 2.24) is 0 Å². The Kier molecular flexibility index (Phi) is 2.96. The van der Waals surface area contributed by atoms with Crippen LogP contribution in [-0.4, -0.2) is 15.9 Å². The van der Waals surface area contributed by atoms with E-state index in [9.17, 15) is 20.0 Å². The van der Waals surface area contributed by atoms with Crippen molar-refractivity contribution in [3.8, 4) is 11.5 Å². The number of phenols is 1. The van der Waals surface area contributed by atoms with Crippen LogP contribution in [0.3, 0.4) is 0 Å². The molecule has 1 aromatic carbocycles. The van der Waals surface area contributed by atoms with Crippen LogP contribution in [0.1, 0.15) is 10.4 Å². The maximum absolute atomic E-state index is 10.9. The molecule has 0 atom stereocenters. The number of carbonyl (C=O) groups excluding carboxylic acids is 1. The van der Waals surface area contributed by atoms with E-state index in [2.05, 4.69) is 4.29 Å². The van der Waals surface area contributed by atoms with E-state index in [0.717, 1.165) is 12.1 Å². The molecular formula is C7H5ClN2O5. The van der Waals surface area contributed by atoms with Crippen molar-refractivity contribution in [2.45, 2.75) is 0 Å². The molecule has 0 aromatic heterocycles. The van der Waals surface area contributed by atoms with E-state index in [1.54, 1.807) is 0 Å². The predicted molar refractivity (Wildman–Crippen MR) is 49.8 cm³/mol. The fraction of sp³-hybridized carbons (Fsp3) is 0. The molecule has 1 aromatic rings. The lowest BCUT2D eigenvalue weighted by molar-refractivity contribution is -0.385. The van der Waals surface area contributed by atoms with Crippen molar-refractivity contribution in [3.63, 3.8) is 0 Å². The Balaban J connectivity index is 3.54. The highest BCUT2D eigenvalue weighted by atomic mass is 35.5. The first kappa shape index (κ1) is 11.1. The van der Waals surface area contributed by atoms with Gasteiger partial charge in [0.1, 0.15) is 23.2 Å². The van der Waals surface area contributed by atoms with Crippen LogP contribution >= 0.6 is 11.9 Å². The highest BCUT2D eigenvalue weighted by Gasteiger charge is 2.25. The van der Waals surface area contributed by atoms with Crippen LogP contribution in [-0.2, 0) is 0 Å². The highest BCUT2D eigenvalue weighted by Crippen LogP contribution is 2.36. The minimum atomic E-state index is -1.08. The Labute approximate surface area is 88.3 Å². The topological polar surface area (TPSA) is 116 Å². The fourth-order valence-corrected chi connectivity index (χ4v) is 1.18. The summed E-state index contributed by atoms with van der Waals surface area (Å²) in [4.78, 5) is 20.6. The summed E-state index contributed by atoms with van der Waals surface area (Å²) in [5.41, 5.74) is 3.81. The van der Waals surface area contributed by atoms with E-state index >= 15 is 0 Å². The first-order valence-corrected chi connectivity index (χ1v) is 3.88. The maximum Gasteiger partial charge on any atom is 0.314 e. The third-order valence-electron chi connectivity index (χ3n) is 1.64. The lowest BCUT2D eigenvalue weighted by Crippen LogP contribution is -2.13. The number of aromatic hydroxyl groups is 1. The van der Waals surface area contributed by atoms with Crippen molar-refractivity contribution in [1.29, 1.82) is 0 Å². The third-order valence-corrected chi connectivity index (χ3v) is 1.79. The van der Waals surface area contributed by atoms with Crippen molar-refractivity contribution in [2.75, 3.05) is 0 Å². The van der Waals surface area contributed by atoms with Gasteiger partial charge in [0.2, 0.25) is 5.75 Å². The molecule has 0 unspecified atom stereocenters. The first-order valence-electron chi connectivity index (χ1n) is 3.57. The fourth-order valence-electron chi connectivity index (χ4n) is 1.02. The minimum Gasteiger partial charge on any atom is -0.507 e. The van der Waals surface area contributed by atoms with Gasteiger partial charge in [-0.1, -0.05) is 0 Å². The molecule has 0 fully saturated rings. The van der Waals surface area contributed by atoms with Crippen LogP contribution < -0.4 is 10.0 Å². The van der Waals surface area contributed by atoms with E-state index in [0.29, 0.717) is 0 Å². The second kappa shape index (κ2) is 4.01. The molecule has 0 heterocycles. The first-order chi connectivity index (χ1) is 6.99. The Hall–Kier alpha value is -2.02. The quantitative estimate of drug-likeness (QED) is 0.594. The standard InChI is InChI=1S/C7H5ClN2O5/c8-15-6-3(10(13)14)1-2-4(11)5(6)7(9)12/h1-2,11H,(H2,9,12). The van der Waals surface area contributed by atoms with Crippen molar-refractivity contribution in [3.05, 3.63) is 27.8 Å². The van der Waals surface area contributed by atoms with Gasteiger partial charge in [-0.05, 0) is 6.07 Å². The molecule has 0 bridgehead atoms. The van der Waals surface area contributed by atoms with Crippen molar-refractivity contribution >= 4 is 23.5 Å². The smallest absolute Gasteiger partial charge is 0.314 e. The number of nitro groups is 1. The SMILES string of the molecule is NC(=O)c1c(O)ccc([N+](=O)[O-])c1OCl. The van der Waals surface area contributed by atoms with Crippen LogP contribution in [0.15, 0.2) is 12.1 Å². The van der Waals surface area contributed by atoms with Gasteiger partial charge in [0, 0.05) is 6.07 Å². The second-order valence-corrected chi connectivity index (χ2v) is 2.66. The second-order valence-electron chi connectivity index (χ2n) is 2.51. The summed E-state index contributed by atoms with van der Waals surface area (Å²) >= 11 is 4.97. The number of primary amides is 1. The molecule has 8 heteroatoms. The molecule has 15 heavy (non-hydrogen) atoms. The summed E-state index contributed by atoms with van der Waals surface area (Å²) in [7, 11) is 0. The Bertz CT molecular complexity index is 434. The Morgan fingerprint density at radius 1 is 1.60 bits per heavy atom. The van der Waals surface area contributed by atoms with Gasteiger partial charge in [-0.3, -0.25) is 14.9 Å². The molecule has 7 nitrogen and oxygen atoms in total. The number of amides is 1. The normalized spacial score (nSPS) is 9.67. The largest absolute Gasteiger partial charge is 0.507 e. The highest BCUT2D eigenvalue weighted by molar-refractivity contribution is 6.11. The number of hydrogen-bond donors (Lipinski definition) is 2. The minimum absolute atomic E-state index is 0.529. The molecule has 3 N–H and O–H groups in total. The number of halogens is 1. The summed E-state index contributed by atoms with van der Waals surface area (Å²) in [6, 6.07) is 1.90. The molecule has 1 rings (SSSR count). The van der Waals surface area contributed by atoms with Crippen molar-refractivity contribution in [2.24, 2.45) is 5.73 Å². The lowest BCUT2D eigenvalue weighted by Gasteiger charge is -2.05. The summed E-state index contributed by atoms with van der Waals surface area (Å²) in [6.07, 6.45) is 0. The van der Waals surface area contributed by atoms with Gasteiger partial charge in [0.05, 0.1) is 4.92 Å². The van der Waals surface area contributed by atoms with E-state index in [-0.39, 0.29) is 0 Å². The number of rotatable bonds is 3. The van der Waals surface area contributed by atoms with E-state index in [4.69, 9.17) is 17.6 Å². The number of nitrogens with two attached hydrogens (primary N) is 1. The van der Waals surface area contributed by atoms with Gasteiger partial charge in [-0.25, -0.2) is 0 Å². The van der Waals surface area contributed by atoms with Gasteiger partial charge in [0.15, 0.2) is 0 Å². The summed E-state index contributed by atoms with van der Waals surface area (Å²) in [6.45, 7) is 0. The van der Waals surface area contributed by atoms with Crippen LogP contribution in [0.5, 0.6) is 11.5 Å². The molecule has 80 valence electrons. The predicted octanol–water partition coefficient (Wildman–Crippen LogP) is 0.932. The number of nitro benzene ring substituents is 1. The Morgan fingerprint density at radius 2 is 2.20 bits per heavy atom. The number of carbonyl (C=O) groups is 1. The third kappa shape index (κ3) is 1.91. The molecule has 0 aliphatic carbocycles. The summed E-state index contributed by atoms with van der Waals surface area (Å²) in [5.74, 6) is -2.19.